The lowest BCUT2D eigenvalue weighted by Crippen LogP contribution is -2.59. The van der Waals surface area contributed by atoms with E-state index in [4.69, 9.17) is 10.5 Å². The highest BCUT2D eigenvalue weighted by atomic mass is 35.5. The van der Waals surface area contributed by atoms with Gasteiger partial charge in [-0.2, -0.15) is 0 Å². The molecule has 1 aromatic carbocycles. The van der Waals surface area contributed by atoms with E-state index < -0.39 is 0 Å². The van der Waals surface area contributed by atoms with Gasteiger partial charge in [-0.05, 0) is 30.2 Å². The van der Waals surface area contributed by atoms with E-state index in [1.165, 1.54) is 24.8 Å². The normalized spacial score (nSPS) is 34.6. The average molecular weight is 254 g/mol. The van der Waals surface area contributed by atoms with Crippen LogP contribution in [0.4, 0.5) is 0 Å². The van der Waals surface area contributed by atoms with E-state index in [9.17, 15) is 0 Å². The second kappa shape index (κ2) is 5.38. The summed E-state index contributed by atoms with van der Waals surface area (Å²) in [7, 11) is 0. The van der Waals surface area contributed by atoms with Crippen LogP contribution in [0.2, 0.25) is 0 Å². The molecule has 0 bridgehead atoms. The summed E-state index contributed by atoms with van der Waals surface area (Å²) < 4.78 is 5.97. The second-order valence-electron chi connectivity index (χ2n) is 5.10. The maximum Gasteiger partial charge on any atom is 0.0764 e. The molecule has 0 spiro atoms. The third kappa shape index (κ3) is 2.35. The Morgan fingerprint density at radius 1 is 1.12 bits per heavy atom. The van der Waals surface area contributed by atoms with Gasteiger partial charge in [0, 0.05) is 6.04 Å². The summed E-state index contributed by atoms with van der Waals surface area (Å²) in [6, 6.07) is 10.6. The molecule has 17 heavy (non-hydrogen) atoms. The Labute approximate surface area is 109 Å². The number of hydrogen-bond donors (Lipinski definition) is 1. The Bertz CT molecular complexity index is 356. The third-order valence-corrected chi connectivity index (χ3v) is 4.21. The van der Waals surface area contributed by atoms with E-state index in [0.717, 1.165) is 11.8 Å². The molecule has 2 N–H and O–H groups in total. The molecule has 4 atom stereocenters. The first kappa shape index (κ1) is 12.9. The van der Waals surface area contributed by atoms with Crippen LogP contribution in [-0.4, -0.2) is 12.1 Å². The maximum absolute atomic E-state index is 6.15. The van der Waals surface area contributed by atoms with Crippen molar-refractivity contribution in [1.29, 1.82) is 0 Å². The molecule has 2 nitrogen and oxygen atoms in total. The topological polar surface area (TPSA) is 35.2 Å². The van der Waals surface area contributed by atoms with Crippen molar-refractivity contribution in [2.45, 2.75) is 38.0 Å². The molecule has 2 aliphatic carbocycles. The van der Waals surface area contributed by atoms with E-state index in [-0.39, 0.29) is 18.4 Å². The summed E-state index contributed by atoms with van der Waals surface area (Å²) in [4.78, 5) is 0. The van der Waals surface area contributed by atoms with Crippen LogP contribution in [0, 0.1) is 11.8 Å². The lowest BCUT2D eigenvalue weighted by atomic mass is 9.69. The van der Waals surface area contributed by atoms with Crippen molar-refractivity contribution in [3.05, 3.63) is 35.9 Å². The number of ether oxygens (including phenoxy) is 1. The monoisotopic (exact) mass is 253 g/mol. The van der Waals surface area contributed by atoms with Crippen molar-refractivity contribution in [1.82, 2.24) is 0 Å². The predicted molar refractivity (Wildman–Crippen MR) is 71.1 cm³/mol. The molecule has 3 heteroatoms. The van der Waals surface area contributed by atoms with Crippen molar-refractivity contribution < 1.29 is 4.74 Å². The molecule has 0 aromatic heterocycles. The van der Waals surface area contributed by atoms with Gasteiger partial charge in [0.1, 0.15) is 0 Å². The lowest BCUT2D eigenvalue weighted by molar-refractivity contribution is -0.0995. The summed E-state index contributed by atoms with van der Waals surface area (Å²) in [5.41, 5.74) is 7.39. The number of halogens is 1. The van der Waals surface area contributed by atoms with Crippen molar-refractivity contribution in [2.75, 3.05) is 0 Å². The van der Waals surface area contributed by atoms with Gasteiger partial charge in [-0.15, -0.1) is 12.4 Å². The Morgan fingerprint density at radius 3 is 2.59 bits per heavy atom. The summed E-state index contributed by atoms with van der Waals surface area (Å²) >= 11 is 0. The van der Waals surface area contributed by atoms with E-state index in [0.29, 0.717) is 12.7 Å². The first-order chi connectivity index (χ1) is 7.86. The number of nitrogens with two attached hydrogens (primary N) is 1. The van der Waals surface area contributed by atoms with Gasteiger partial charge in [-0.3, -0.25) is 0 Å². The quantitative estimate of drug-likeness (QED) is 0.899. The Balaban J connectivity index is 0.00000108. The molecule has 0 heterocycles. The van der Waals surface area contributed by atoms with Gasteiger partial charge in [-0.25, -0.2) is 0 Å². The smallest absolute Gasteiger partial charge is 0.0764 e. The SMILES string of the molecule is Cl.N[C@H]1[C@H]2CCC[C@H]2[C@H]1OCc1ccccc1. The average Bonchev–Trinajstić information content (AvgIpc) is 2.75. The van der Waals surface area contributed by atoms with Gasteiger partial charge in [0.25, 0.3) is 0 Å². The van der Waals surface area contributed by atoms with Crippen LogP contribution >= 0.6 is 12.4 Å². The van der Waals surface area contributed by atoms with Gasteiger partial charge >= 0.3 is 0 Å². The highest BCUT2D eigenvalue weighted by Crippen LogP contribution is 2.47. The molecule has 1 aromatic rings. The molecule has 0 amide bonds. The third-order valence-electron chi connectivity index (χ3n) is 4.21. The zero-order chi connectivity index (χ0) is 11.0. The van der Waals surface area contributed by atoms with Gasteiger partial charge in [0.15, 0.2) is 0 Å². The van der Waals surface area contributed by atoms with E-state index in [1.807, 2.05) is 6.07 Å². The van der Waals surface area contributed by atoms with Crippen LogP contribution in [0.1, 0.15) is 24.8 Å². The molecular formula is C14H20ClNO. The number of hydrogen-bond acceptors (Lipinski definition) is 2. The standard InChI is InChI=1S/C14H19NO.ClH/c15-13-11-7-4-8-12(11)14(13)16-9-10-5-2-1-3-6-10;/h1-3,5-6,11-14H,4,7-9,15H2;1H/t11-,12+,13-,14+;/m0./s1. The minimum Gasteiger partial charge on any atom is -0.372 e. The molecule has 94 valence electrons. The highest BCUT2D eigenvalue weighted by molar-refractivity contribution is 5.85. The molecular weight excluding hydrogens is 234 g/mol. The van der Waals surface area contributed by atoms with E-state index in [2.05, 4.69) is 24.3 Å². The van der Waals surface area contributed by atoms with Crippen LogP contribution in [0.3, 0.4) is 0 Å². The first-order valence-electron chi connectivity index (χ1n) is 6.27. The van der Waals surface area contributed by atoms with Crippen LogP contribution < -0.4 is 5.73 Å². The first-order valence-corrected chi connectivity index (χ1v) is 6.27. The van der Waals surface area contributed by atoms with Gasteiger partial charge in [-0.1, -0.05) is 36.8 Å². The lowest BCUT2D eigenvalue weighted by Gasteiger charge is -2.46. The minimum atomic E-state index is 0. The fourth-order valence-electron chi connectivity index (χ4n) is 3.29. The summed E-state index contributed by atoms with van der Waals surface area (Å²) in [6.07, 6.45) is 4.29. The van der Waals surface area contributed by atoms with Crippen LogP contribution in [0.5, 0.6) is 0 Å². The molecule has 3 rings (SSSR count). The number of rotatable bonds is 3. The van der Waals surface area contributed by atoms with Crippen molar-refractivity contribution >= 4 is 12.4 Å². The van der Waals surface area contributed by atoms with Crippen molar-refractivity contribution in [3.8, 4) is 0 Å². The number of benzene rings is 1. The van der Waals surface area contributed by atoms with Crippen molar-refractivity contribution in [3.63, 3.8) is 0 Å². The van der Waals surface area contributed by atoms with Gasteiger partial charge in [0.05, 0.1) is 12.7 Å². The fraction of sp³-hybridized carbons (Fsp3) is 0.571. The number of fused-ring (bicyclic) bond motifs is 1. The second-order valence-corrected chi connectivity index (χ2v) is 5.10. The zero-order valence-corrected chi connectivity index (χ0v) is 10.7. The Kier molecular flexibility index (Phi) is 4.08. The summed E-state index contributed by atoms with van der Waals surface area (Å²) in [6.45, 7) is 0.711. The van der Waals surface area contributed by atoms with Crippen LogP contribution in [0.15, 0.2) is 30.3 Å². The van der Waals surface area contributed by atoms with Gasteiger partial charge < -0.3 is 10.5 Å². The van der Waals surface area contributed by atoms with Crippen LogP contribution in [-0.2, 0) is 11.3 Å². The van der Waals surface area contributed by atoms with Gasteiger partial charge in [0.2, 0.25) is 0 Å². The van der Waals surface area contributed by atoms with E-state index >= 15 is 0 Å². The van der Waals surface area contributed by atoms with Crippen molar-refractivity contribution in [2.24, 2.45) is 17.6 Å². The van der Waals surface area contributed by atoms with E-state index in [1.54, 1.807) is 0 Å². The molecule has 0 radical (unpaired) electrons. The molecule has 0 aliphatic heterocycles. The maximum atomic E-state index is 6.15. The zero-order valence-electron chi connectivity index (χ0n) is 9.92. The largest absolute Gasteiger partial charge is 0.372 e. The summed E-state index contributed by atoms with van der Waals surface area (Å²) in [5, 5.41) is 0. The molecule has 0 saturated heterocycles. The molecule has 2 saturated carbocycles. The Morgan fingerprint density at radius 2 is 1.82 bits per heavy atom. The molecule has 2 fully saturated rings. The fourth-order valence-corrected chi connectivity index (χ4v) is 3.29. The minimum absolute atomic E-state index is 0. The highest BCUT2D eigenvalue weighted by Gasteiger charge is 2.51. The Hall–Kier alpha value is -0.570. The van der Waals surface area contributed by atoms with Crippen LogP contribution in [0.25, 0.3) is 0 Å². The predicted octanol–water partition coefficient (Wildman–Crippen LogP) is 2.75. The molecule has 2 aliphatic rings. The summed E-state index contributed by atoms with van der Waals surface area (Å²) in [5.74, 6) is 1.50. The molecule has 0 unspecified atom stereocenters.